The Morgan fingerprint density at radius 2 is 1.97 bits per heavy atom. The van der Waals surface area contributed by atoms with Crippen molar-refractivity contribution in [2.24, 2.45) is 0 Å². The largest absolute Gasteiger partial charge is 0.403 e. The molecule has 1 aliphatic carbocycles. The Morgan fingerprint density at radius 3 is 2.81 bits per heavy atom. The van der Waals surface area contributed by atoms with Crippen LogP contribution >= 0.6 is 15.9 Å². The lowest BCUT2D eigenvalue weighted by molar-refractivity contribution is 0.555. The molecule has 4 heterocycles. The first-order valence-corrected chi connectivity index (χ1v) is 11.3. The summed E-state index contributed by atoms with van der Waals surface area (Å²) in [7, 11) is 0. The molecule has 4 aromatic rings. The van der Waals surface area contributed by atoms with E-state index in [1.165, 1.54) is 11.1 Å². The number of anilines is 2. The lowest BCUT2D eigenvalue weighted by Crippen LogP contribution is -2.20. The van der Waals surface area contributed by atoms with Crippen LogP contribution in [-0.4, -0.2) is 54.7 Å². The van der Waals surface area contributed by atoms with Gasteiger partial charge in [0.2, 0.25) is 5.95 Å². The number of nitrogens with one attached hydrogen (secondary N) is 2. The van der Waals surface area contributed by atoms with Crippen molar-refractivity contribution in [1.82, 2.24) is 35.6 Å². The monoisotopic (exact) mass is 493 g/mol. The highest BCUT2D eigenvalue weighted by Crippen LogP contribution is 2.30. The smallest absolute Gasteiger partial charge is 0.318 e. The van der Waals surface area contributed by atoms with Gasteiger partial charge in [0.05, 0.1) is 11.3 Å². The van der Waals surface area contributed by atoms with Gasteiger partial charge < -0.3 is 14.6 Å². The van der Waals surface area contributed by atoms with Crippen molar-refractivity contribution < 1.29 is 4.42 Å². The predicted octanol–water partition coefficient (Wildman–Crippen LogP) is 2.98. The quantitative estimate of drug-likeness (QED) is 0.431. The van der Waals surface area contributed by atoms with E-state index < -0.39 is 0 Å². The highest BCUT2D eigenvalue weighted by molar-refractivity contribution is 9.10. The average Bonchev–Trinajstić information content (AvgIpc) is 3.60. The second-order valence-corrected chi connectivity index (χ2v) is 9.09. The number of aromatic amines is 1. The zero-order valence-corrected chi connectivity index (χ0v) is 18.7. The number of benzene rings is 1. The van der Waals surface area contributed by atoms with Gasteiger partial charge in [-0.05, 0) is 42.5 Å². The Labute approximate surface area is 192 Å². The summed E-state index contributed by atoms with van der Waals surface area (Å²) in [6.07, 6.45) is 8.16. The van der Waals surface area contributed by atoms with E-state index in [-0.39, 0.29) is 6.04 Å². The van der Waals surface area contributed by atoms with Crippen LogP contribution < -0.4 is 10.2 Å². The minimum absolute atomic E-state index is 0.285. The van der Waals surface area contributed by atoms with Gasteiger partial charge in [0.1, 0.15) is 0 Å². The third-order valence-corrected chi connectivity index (χ3v) is 6.55. The van der Waals surface area contributed by atoms with Crippen LogP contribution in [-0.2, 0) is 12.8 Å². The van der Waals surface area contributed by atoms with E-state index in [1.54, 1.807) is 12.4 Å². The standard InChI is InChI=1S/C21H20BrN9O/c22-16-2-1-12-6-17(7-14(12)5-16)26-20-23-8-15(9-24-20)19-28-29-21(32-19)31-4-3-13(11-31)18-10-25-30-27-18/h1-2,5,8-10,13,17H,3-4,6-7,11H2,(H,23,24,26)(H,25,27,30). The van der Waals surface area contributed by atoms with Crippen molar-refractivity contribution in [2.75, 3.05) is 23.3 Å². The lowest BCUT2D eigenvalue weighted by atomic mass is 10.1. The van der Waals surface area contributed by atoms with E-state index in [1.807, 2.05) is 6.20 Å². The average molecular weight is 494 g/mol. The van der Waals surface area contributed by atoms with Crippen LogP contribution in [0.3, 0.4) is 0 Å². The van der Waals surface area contributed by atoms with Gasteiger partial charge in [0.25, 0.3) is 5.89 Å². The lowest BCUT2D eigenvalue weighted by Gasteiger charge is -2.12. The van der Waals surface area contributed by atoms with Crippen molar-refractivity contribution in [1.29, 1.82) is 0 Å². The molecule has 0 saturated carbocycles. The van der Waals surface area contributed by atoms with Crippen molar-refractivity contribution in [3.05, 3.63) is 58.1 Å². The highest BCUT2D eigenvalue weighted by Gasteiger charge is 2.29. The third-order valence-electron chi connectivity index (χ3n) is 6.06. The number of halogens is 1. The molecule has 0 bridgehead atoms. The van der Waals surface area contributed by atoms with Gasteiger partial charge in [-0.2, -0.15) is 0 Å². The molecule has 2 atom stereocenters. The van der Waals surface area contributed by atoms with Crippen molar-refractivity contribution in [3.8, 4) is 11.5 Å². The summed E-state index contributed by atoms with van der Waals surface area (Å²) >= 11 is 3.54. The summed E-state index contributed by atoms with van der Waals surface area (Å²) in [4.78, 5) is 11.0. The molecule has 1 saturated heterocycles. The molecule has 0 spiro atoms. The zero-order valence-electron chi connectivity index (χ0n) is 17.1. The zero-order chi connectivity index (χ0) is 21.5. The summed E-state index contributed by atoms with van der Waals surface area (Å²) in [5.41, 5.74) is 4.38. The maximum absolute atomic E-state index is 5.90. The molecular formula is C21H20BrN9O. The molecule has 1 aliphatic heterocycles. The topological polar surface area (TPSA) is 122 Å². The van der Waals surface area contributed by atoms with Crippen LogP contribution in [0.4, 0.5) is 12.0 Å². The van der Waals surface area contributed by atoms with Crippen LogP contribution in [0.15, 0.2) is 45.7 Å². The Hall–Kier alpha value is -3.34. The molecular weight excluding hydrogens is 474 g/mol. The highest BCUT2D eigenvalue weighted by atomic mass is 79.9. The molecule has 162 valence electrons. The van der Waals surface area contributed by atoms with Crippen LogP contribution in [0.2, 0.25) is 0 Å². The molecule has 10 nitrogen and oxygen atoms in total. The third kappa shape index (κ3) is 3.72. The number of hydrogen-bond donors (Lipinski definition) is 2. The summed E-state index contributed by atoms with van der Waals surface area (Å²) in [5, 5.41) is 22.5. The van der Waals surface area contributed by atoms with Gasteiger partial charge in [-0.25, -0.2) is 9.97 Å². The molecule has 2 N–H and O–H groups in total. The fourth-order valence-electron chi connectivity index (χ4n) is 4.43. The minimum Gasteiger partial charge on any atom is -0.403 e. The first-order chi connectivity index (χ1) is 15.7. The normalized spacial score (nSPS) is 20.0. The van der Waals surface area contributed by atoms with Gasteiger partial charge in [0.15, 0.2) is 0 Å². The molecule has 32 heavy (non-hydrogen) atoms. The van der Waals surface area contributed by atoms with Gasteiger partial charge in [0, 0.05) is 48.1 Å². The van der Waals surface area contributed by atoms with E-state index in [0.717, 1.165) is 42.5 Å². The maximum atomic E-state index is 5.90. The number of H-pyrrole nitrogens is 1. The minimum atomic E-state index is 0.285. The van der Waals surface area contributed by atoms with E-state index >= 15 is 0 Å². The second-order valence-electron chi connectivity index (χ2n) is 8.18. The number of fused-ring (bicyclic) bond motifs is 1. The molecule has 6 rings (SSSR count). The SMILES string of the molecule is Brc1ccc2c(c1)CC(Nc1ncc(-c3nnc(N4CCC(c5c[nH]nn5)C4)o3)cn1)C2. The van der Waals surface area contributed by atoms with Gasteiger partial charge in [-0.1, -0.05) is 32.3 Å². The molecule has 2 aliphatic rings. The predicted molar refractivity (Wildman–Crippen MR) is 120 cm³/mol. The first kappa shape index (κ1) is 19.4. The Balaban J connectivity index is 1.10. The van der Waals surface area contributed by atoms with Crippen LogP contribution in [0.1, 0.15) is 29.2 Å². The van der Waals surface area contributed by atoms with E-state index in [2.05, 4.69) is 79.9 Å². The molecule has 2 unspecified atom stereocenters. The van der Waals surface area contributed by atoms with Crippen molar-refractivity contribution in [3.63, 3.8) is 0 Å². The first-order valence-electron chi connectivity index (χ1n) is 10.5. The van der Waals surface area contributed by atoms with E-state index in [9.17, 15) is 0 Å². The Morgan fingerprint density at radius 1 is 1.09 bits per heavy atom. The van der Waals surface area contributed by atoms with Crippen molar-refractivity contribution >= 4 is 27.9 Å². The molecule has 3 aromatic heterocycles. The summed E-state index contributed by atoms with van der Waals surface area (Å²) in [5.74, 6) is 1.32. The Kier molecular flexibility index (Phi) is 4.82. The summed E-state index contributed by atoms with van der Waals surface area (Å²) < 4.78 is 7.01. The number of aromatic nitrogens is 7. The maximum Gasteiger partial charge on any atom is 0.318 e. The molecule has 0 amide bonds. The van der Waals surface area contributed by atoms with Gasteiger partial charge in [-0.15, -0.1) is 10.2 Å². The van der Waals surface area contributed by atoms with Crippen LogP contribution in [0.25, 0.3) is 11.5 Å². The number of hydrogen-bond acceptors (Lipinski definition) is 9. The second kappa shape index (κ2) is 7.97. The molecule has 1 aromatic carbocycles. The fraction of sp³-hybridized carbons (Fsp3) is 0.333. The number of nitrogens with zero attached hydrogens (tertiary/aromatic N) is 7. The summed E-state index contributed by atoms with van der Waals surface area (Å²) in [6.45, 7) is 1.60. The molecule has 0 radical (unpaired) electrons. The van der Waals surface area contributed by atoms with E-state index in [4.69, 9.17) is 4.42 Å². The molecule has 11 heteroatoms. The van der Waals surface area contributed by atoms with Crippen molar-refractivity contribution in [2.45, 2.75) is 31.2 Å². The Bertz CT molecular complexity index is 1220. The number of rotatable bonds is 5. The van der Waals surface area contributed by atoms with Crippen LogP contribution in [0.5, 0.6) is 0 Å². The summed E-state index contributed by atoms with van der Waals surface area (Å²) in [6, 6.07) is 7.23. The molecule has 1 fully saturated rings. The van der Waals surface area contributed by atoms with E-state index in [0.29, 0.717) is 29.3 Å². The van der Waals surface area contributed by atoms with Crippen LogP contribution in [0, 0.1) is 0 Å². The van der Waals surface area contributed by atoms with Gasteiger partial charge in [-0.3, -0.25) is 5.10 Å². The fourth-order valence-corrected chi connectivity index (χ4v) is 4.84. The van der Waals surface area contributed by atoms with Gasteiger partial charge >= 0.3 is 6.01 Å².